The van der Waals surface area contributed by atoms with Gasteiger partial charge in [0.05, 0.1) is 54.6 Å². The molecule has 0 aromatic carbocycles. The average molecular weight is 615 g/mol. The summed E-state index contributed by atoms with van der Waals surface area (Å²) in [4.78, 5) is 24.3. The van der Waals surface area contributed by atoms with Gasteiger partial charge in [-0.3, -0.25) is 14.9 Å². The van der Waals surface area contributed by atoms with Gasteiger partial charge >= 0.3 is 0 Å². The Hall–Kier alpha value is -3.91. The summed E-state index contributed by atoms with van der Waals surface area (Å²) in [5.74, 6) is 1.89. The monoisotopic (exact) mass is 614 g/mol. The van der Waals surface area contributed by atoms with Gasteiger partial charge in [0, 0.05) is 74.8 Å². The Labute approximate surface area is 258 Å². The van der Waals surface area contributed by atoms with Crippen LogP contribution in [0.15, 0.2) is 36.8 Å². The highest BCUT2D eigenvalue weighted by atomic mass is 32.1. The molecule has 0 N–H and O–H groups in total. The minimum Gasteiger partial charge on any atom is -0.496 e. The first-order valence-electron chi connectivity index (χ1n) is 15.0. The molecule has 0 unspecified atom stereocenters. The lowest BCUT2D eigenvalue weighted by atomic mass is 10.1. The third-order valence-corrected chi connectivity index (χ3v) is 9.96. The Morgan fingerprint density at radius 2 is 2.02 bits per heavy atom. The van der Waals surface area contributed by atoms with Gasteiger partial charge in [0.1, 0.15) is 17.4 Å². The van der Waals surface area contributed by atoms with Crippen LogP contribution in [-0.4, -0.2) is 106 Å². The molecule has 3 atom stereocenters. The maximum absolute atomic E-state index is 6.47. The molecule has 3 aliphatic rings. The summed E-state index contributed by atoms with van der Waals surface area (Å²) >= 11 is 1.69. The van der Waals surface area contributed by atoms with Gasteiger partial charge in [0.15, 0.2) is 10.9 Å². The smallest absolute Gasteiger partial charge is 0.243 e. The number of rotatable bonds is 9. The first-order chi connectivity index (χ1) is 21.6. The standard InChI is InChI=1S/C31H34N8O4S/c1-18-22-14-33-39(25(22)11-24(34-18)23-13-32-6-4-26(23)41-3)28-12-27-29(30(35-28)43-21-5-8-42-17-21)36-31(44-27)38-16-19-10-20(38)15-37(19)7-9-40-2/h4,6,11-14,19-21H,5,7-10,15-17H2,1-3H3/t19-,20-,21-/m1/s1. The molecule has 3 saturated heterocycles. The van der Waals surface area contributed by atoms with Gasteiger partial charge in [0.2, 0.25) is 5.88 Å². The maximum atomic E-state index is 6.47. The molecule has 0 aliphatic carbocycles. The van der Waals surface area contributed by atoms with Crippen LogP contribution < -0.4 is 14.4 Å². The van der Waals surface area contributed by atoms with E-state index >= 15 is 0 Å². The lowest BCUT2D eigenvalue weighted by Gasteiger charge is -2.33. The summed E-state index contributed by atoms with van der Waals surface area (Å²) in [6.45, 7) is 6.96. The fourth-order valence-electron chi connectivity index (χ4n) is 6.67. The van der Waals surface area contributed by atoms with Crippen molar-refractivity contribution in [2.24, 2.45) is 0 Å². The number of nitrogens with zero attached hydrogens (tertiary/aromatic N) is 8. The van der Waals surface area contributed by atoms with Crippen LogP contribution in [0.3, 0.4) is 0 Å². The van der Waals surface area contributed by atoms with Gasteiger partial charge in [-0.1, -0.05) is 11.3 Å². The largest absolute Gasteiger partial charge is 0.496 e. The number of ether oxygens (including phenoxy) is 4. The zero-order valence-electron chi connectivity index (χ0n) is 25.0. The van der Waals surface area contributed by atoms with Crippen molar-refractivity contribution in [2.75, 3.05) is 58.6 Å². The highest BCUT2D eigenvalue weighted by Gasteiger charge is 2.44. The molecule has 2 bridgehead atoms. The van der Waals surface area contributed by atoms with E-state index in [1.165, 1.54) is 0 Å². The second kappa shape index (κ2) is 11.2. The van der Waals surface area contributed by atoms with Gasteiger partial charge < -0.3 is 23.8 Å². The normalized spacial score (nSPS) is 21.7. The third-order valence-electron chi connectivity index (χ3n) is 8.92. The van der Waals surface area contributed by atoms with Crippen molar-refractivity contribution >= 4 is 37.6 Å². The third kappa shape index (κ3) is 4.74. The zero-order chi connectivity index (χ0) is 29.8. The summed E-state index contributed by atoms with van der Waals surface area (Å²) < 4.78 is 25.9. The van der Waals surface area contributed by atoms with Crippen LogP contribution >= 0.6 is 11.3 Å². The number of hydrogen-bond acceptors (Lipinski definition) is 12. The lowest BCUT2D eigenvalue weighted by molar-refractivity contribution is 0.136. The first kappa shape index (κ1) is 27.6. The molecule has 12 nitrogen and oxygen atoms in total. The summed E-state index contributed by atoms with van der Waals surface area (Å²) in [6.07, 6.45) is 7.24. The number of thiazole rings is 1. The second-order valence-electron chi connectivity index (χ2n) is 11.6. The highest BCUT2D eigenvalue weighted by molar-refractivity contribution is 7.22. The molecule has 5 aromatic heterocycles. The molecule has 228 valence electrons. The van der Waals surface area contributed by atoms with E-state index in [-0.39, 0.29) is 6.10 Å². The molecule has 5 aromatic rings. The van der Waals surface area contributed by atoms with Gasteiger partial charge in [0.25, 0.3) is 0 Å². The predicted molar refractivity (Wildman–Crippen MR) is 167 cm³/mol. The summed E-state index contributed by atoms with van der Waals surface area (Å²) in [5, 5.41) is 6.74. The molecule has 8 rings (SSSR count). The van der Waals surface area contributed by atoms with E-state index < -0.39 is 0 Å². The number of aromatic nitrogens is 6. The summed E-state index contributed by atoms with van der Waals surface area (Å²) in [7, 11) is 3.42. The molecule has 44 heavy (non-hydrogen) atoms. The van der Waals surface area contributed by atoms with Crippen molar-refractivity contribution < 1.29 is 18.9 Å². The fourth-order valence-corrected chi connectivity index (χ4v) is 7.74. The van der Waals surface area contributed by atoms with E-state index in [0.29, 0.717) is 42.7 Å². The first-order valence-corrected chi connectivity index (χ1v) is 15.8. The maximum Gasteiger partial charge on any atom is 0.243 e. The number of piperazine rings is 1. The molecule has 13 heteroatoms. The molecule has 3 aliphatic heterocycles. The quantitative estimate of drug-likeness (QED) is 0.241. The van der Waals surface area contributed by atoms with E-state index in [0.717, 1.165) is 82.3 Å². The van der Waals surface area contributed by atoms with Gasteiger partial charge in [-0.05, 0) is 25.5 Å². The molecular weight excluding hydrogens is 580 g/mol. The summed E-state index contributed by atoms with van der Waals surface area (Å²) in [6, 6.07) is 6.90. The summed E-state index contributed by atoms with van der Waals surface area (Å²) in [5.41, 5.74) is 4.10. The number of fused-ring (bicyclic) bond motifs is 4. The number of hydrogen-bond donors (Lipinski definition) is 0. The van der Waals surface area contributed by atoms with Crippen LogP contribution in [0.4, 0.5) is 5.13 Å². The lowest BCUT2D eigenvalue weighted by Crippen LogP contribution is -2.47. The Morgan fingerprint density at radius 3 is 2.82 bits per heavy atom. The highest BCUT2D eigenvalue weighted by Crippen LogP contribution is 2.41. The van der Waals surface area contributed by atoms with E-state index in [1.807, 2.05) is 29.9 Å². The van der Waals surface area contributed by atoms with E-state index in [2.05, 4.69) is 20.9 Å². The predicted octanol–water partition coefficient (Wildman–Crippen LogP) is 3.88. The second-order valence-corrected chi connectivity index (χ2v) is 12.6. The van der Waals surface area contributed by atoms with E-state index in [9.17, 15) is 0 Å². The van der Waals surface area contributed by atoms with Crippen LogP contribution in [-0.2, 0) is 9.47 Å². The Balaban J connectivity index is 1.20. The SMILES string of the molecule is COCCN1C[C@H]2C[C@@H]1CN2c1nc2c(O[C@@H]3CCOC3)nc(-n3ncc4c(C)nc(-c5cnccc5OC)cc43)cc2s1. The Bertz CT molecular complexity index is 1840. The van der Waals surface area contributed by atoms with E-state index in [4.69, 9.17) is 39.0 Å². The van der Waals surface area contributed by atoms with Crippen molar-refractivity contribution in [3.63, 3.8) is 0 Å². The molecule has 0 amide bonds. The van der Waals surface area contributed by atoms with Crippen LogP contribution in [0.5, 0.6) is 11.6 Å². The molecule has 0 radical (unpaired) electrons. The van der Waals surface area contributed by atoms with Crippen molar-refractivity contribution in [3.05, 3.63) is 42.5 Å². The van der Waals surface area contributed by atoms with Crippen LogP contribution in [0.25, 0.3) is 38.2 Å². The number of aryl methyl sites for hydroxylation is 1. The number of pyridine rings is 3. The topological polar surface area (TPSA) is 113 Å². The number of methoxy groups -OCH3 is 2. The number of likely N-dealkylation sites (tertiary alicyclic amines) is 1. The van der Waals surface area contributed by atoms with Crippen LogP contribution in [0, 0.1) is 6.92 Å². The van der Waals surface area contributed by atoms with Crippen molar-refractivity contribution in [2.45, 2.75) is 38.0 Å². The molecule has 0 spiro atoms. The van der Waals surface area contributed by atoms with Crippen molar-refractivity contribution in [3.8, 4) is 28.7 Å². The minimum absolute atomic E-state index is 0.0614. The van der Waals surface area contributed by atoms with Crippen molar-refractivity contribution in [1.82, 2.24) is 34.6 Å². The number of anilines is 1. The molecule has 3 fully saturated rings. The fraction of sp³-hybridized carbons (Fsp3) is 0.452. The van der Waals surface area contributed by atoms with Gasteiger partial charge in [-0.25, -0.2) is 9.67 Å². The molecule has 0 saturated carbocycles. The molecular formula is C31H34N8O4S. The van der Waals surface area contributed by atoms with Crippen molar-refractivity contribution in [1.29, 1.82) is 0 Å². The zero-order valence-corrected chi connectivity index (χ0v) is 25.8. The van der Waals surface area contributed by atoms with E-state index in [1.54, 1.807) is 38.0 Å². The molecule has 8 heterocycles. The minimum atomic E-state index is -0.0614. The Kier molecular flexibility index (Phi) is 7.05. The van der Waals surface area contributed by atoms with Gasteiger partial charge in [-0.15, -0.1) is 0 Å². The van der Waals surface area contributed by atoms with Crippen LogP contribution in [0.2, 0.25) is 0 Å². The Morgan fingerprint density at radius 1 is 1.09 bits per heavy atom. The van der Waals surface area contributed by atoms with Crippen LogP contribution in [0.1, 0.15) is 18.5 Å². The average Bonchev–Trinajstić information content (AvgIpc) is 3.88. The van der Waals surface area contributed by atoms with Gasteiger partial charge in [-0.2, -0.15) is 10.1 Å².